The molecule has 1 amide bonds. The van der Waals surface area contributed by atoms with Gasteiger partial charge in [0.1, 0.15) is 5.69 Å². The molecule has 0 unspecified atom stereocenters. The van der Waals surface area contributed by atoms with E-state index in [4.69, 9.17) is 0 Å². The van der Waals surface area contributed by atoms with Gasteiger partial charge in [-0.25, -0.2) is 13.2 Å². The molecule has 130 valence electrons. The van der Waals surface area contributed by atoms with Crippen molar-refractivity contribution in [2.24, 2.45) is 0 Å². The highest BCUT2D eigenvalue weighted by atomic mass is 19.4. The first-order chi connectivity index (χ1) is 11.7. The molecule has 0 aliphatic rings. The predicted molar refractivity (Wildman–Crippen MR) is 77.6 cm³/mol. The molecule has 0 aliphatic carbocycles. The van der Waals surface area contributed by atoms with Crippen LogP contribution in [0.4, 0.5) is 32.0 Å². The summed E-state index contributed by atoms with van der Waals surface area (Å²) in [6, 6.07) is 6.02. The van der Waals surface area contributed by atoms with Crippen molar-refractivity contribution in [1.82, 2.24) is 4.98 Å². The van der Waals surface area contributed by atoms with Gasteiger partial charge in [0.25, 0.3) is 5.91 Å². The van der Waals surface area contributed by atoms with Gasteiger partial charge in [-0.2, -0.15) is 13.2 Å². The third kappa shape index (κ3) is 3.17. The van der Waals surface area contributed by atoms with E-state index >= 15 is 0 Å². The van der Waals surface area contributed by atoms with Gasteiger partial charge in [0.15, 0.2) is 17.5 Å². The Morgan fingerprint density at radius 1 is 0.960 bits per heavy atom. The second-order valence-corrected chi connectivity index (χ2v) is 5.16. The van der Waals surface area contributed by atoms with Gasteiger partial charge in [-0.1, -0.05) is 0 Å². The number of alkyl halides is 3. The largest absolute Gasteiger partial charge is 0.431 e. The van der Waals surface area contributed by atoms with Crippen LogP contribution in [0.15, 0.2) is 36.4 Å². The Morgan fingerprint density at radius 2 is 1.68 bits per heavy atom. The van der Waals surface area contributed by atoms with Crippen molar-refractivity contribution in [2.75, 3.05) is 5.32 Å². The van der Waals surface area contributed by atoms with E-state index in [9.17, 15) is 31.1 Å². The van der Waals surface area contributed by atoms with E-state index in [1.54, 1.807) is 0 Å². The molecular formula is C16H8F6N2O. The lowest BCUT2D eigenvalue weighted by atomic mass is 10.1. The number of carbonyl (C=O) groups is 1. The Morgan fingerprint density at radius 3 is 2.36 bits per heavy atom. The third-order valence-corrected chi connectivity index (χ3v) is 3.46. The van der Waals surface area contributed by atoms with Crippen LogP contribution < -0.4 is 5.32 Å². The van der Waals surface area contributed by atoms with Gasteiger partial charge in [0.2, 0.25) is 0 Å². The van der Waals surface area contributed by atoms with Crippen LogP contribution in [-0.4, -0.2) is 10.9 Å². The number of hydrogen-bond donors (Lipinski definition) is 2. The quantitative estimate of drug-likeness (QED) is 0.499. The van der Waals surface area contributed by atoms with Crippen LogP contribution >= 0.6 is 0 Å². The molecule has 0 spiro atoms. The van der Waals surface area contributed by atoms with Crippen molar-refractivity contribution in [3.05, 3.63) is 65.1 Å². The number of aromatic nitrogens is 1. The van der Waals surface area contributed by atoms with E-state index in [1.807, 2.05) is 0 Å². The minimum Gasteiger partial charge on any atom is -0.351 e. The van der Waals surface area contributed by atoms with Crippen molar-refractivity contribution in [1.29, 1.82) is 0 Å². The summed E-state index contributed by atoms with van der Waals surface area (Å²) in [6.45, 7) is 0. The number of halogens is 6. The molecule has 3 aromatic rings. The standard InChI is InChI=1S/C16H8F6N2O/c17-10-3-2-9(13(18)14(10)19)15(25)23-8-1-4-11-7(5-8)6-12(24-11)16(20,21)22/h1-6,24H,(H,23,25). The van der Waals surface area contributed by atoms with Gasteiger partial charge < -0.3 is 10.3 Å². The van der Waals surface area contributed by atoms with Crippen LogP contribution in [0.3, 0.4) is 0 Å². The van der Waals surface area contributed by atoms with Crippen LogP contribution in [-0.2, 0) is 6.18 Å². The van der Waals surface area contributed by atoms with Crippen molar-refractivity contribution in [2.45, 2.75) is 6.18 Å². The van der Waals surface area contributed by atoms with Crippen LogP contribution in [0.5, 0.6) is 0 Å². The zero-order valence-corrected chi connectivity index (χ0v) is 12.1. The van der Waals surface area contributed by atoms with E-state index in [0.717, 1.165) is 12.1 Å². The zero-order chi connectivity index (χ0) is 18.4. The highest BCUT2D eigenvalue weighted by Gasteiger charge is 2.32. The number of carbonyl (C=O) groups excluding carboxylic acids is 1. The molecule has 1 aromatic heterocycles. The topological polar surface area (TPSA) is 44.9 Å². The number of benzene rings is 2. The fraction of sp³-hybridized carbons (Fsp3) is 0.0625. The number of fused-ring (bicyclic) bond motifs is 1. The average molecular weight is 358 g/mol. The van der Waals surface area contributed by atoms with Gasteiger partial charge in [0.05, 0.1) is 5.56 Å². The molecule has 2 aromatic carbocycles. The van der Waals surface area contributed by atoms with E-state index < -0.39 is 40.8 Å². The van der Waals surface area contributed by atoms with Gasteiger partial charge in [-0.3, -0.25) is 4.79 Å². The van der Waals surface area contributed by atoms with Crippen LogP contribution in [0.1, 0.15) is 16.1 Å². The number of nitrogens with one attached hydrogen (secondary N) is 2. The van der Waals surface area contributed by atoms with Crippen LogP contribution in [0.25, 0.3) is 10.9 Å². The minimum absolute atomic E-state index is 0.0642. The number of amides is 1. The molecule has 0 atom stereocenters. The highest BCUT2D eigenvalue weighted by molar-refractivity contribution is 6.05. The van der Waals surface area contributed by atoms with Crippen LogP contribution in [0, 0.1) is 17.5 Å². The van der Waals surface area contributed by atoms with Crippen molar-refractivity contribution in [3.63, 3.8) is 0 Å². The molecule has 0 bridgehead atoms. The number of rotatable bonds is 2. The Labute approximate surface area is 136 Å². The fourth-order valence-electron chi connectivity index (χ4n) is 2.26. The molecule has 25 heavy (non-hydrogen) atoms. The first-order valence-corrected chi connectivity index (χ1v) is 6.81. The van der Waals surface area contributed by atoms with Crippen LogP contribution in [0.2, 0.25) is 0 Å². The first kappa shape index (κ1) is 16.9. The van der Waals surface area contributed by atoms with E-state index in [1.165, 1.54) is 18.2 Å². The number of hydrogen-bond acceptors (Lipinski definition) is 1. The van der Waals surface area contributed by atoms with E-state index in [-0.39, 0.29) is 16.6 Å². The van der Waals surface area contributed by atoms with Crippen molar-refractivity contribution in [3.8, 4) is 0 Å². The second-order valence-electron chi connectivity index (χ2n) is 5.16. The number of aromatic amines is 1. The SMILES string of the molecule is O=C(Nc1ccc2[nH]c(C(F)(F)F)cc2c1)c1ccc(F)c(F)c1F. The molecule has 0 saturated heterocycles. The van der Waals surface area contributed by atoms with Gasteiger partial charge >= 0.3 is 6.18 Å². The molecular weight excluding hydrogens is 350 g/mol. The summed E-state index contributed by atoms with van der Waals surface area (Å²) < 4.78 is 77.6. The smallest absolute Gasteiger partial charge is 0.351 e. The van der Waals surface area contributed by atoms with E-state index in [0.29, 0.717) is 6.07 Å². The predicted octanol–water partition coefficient (Wildman–Crippen LogP) is 4.86. The molecule has 1 heterocycles. The molecule has 0 fully saturated rings. The summed E-state index contributed by atoms with van der Waals surface area (Å²) in [7, 11) is 0. The van der Waals surface area contributed by atoms with Gasteiger partial charge in [0, 0.05) is 16.6 Å². The summed E-state index contributed by atoms with van der Waals surface area (Å²) in [5.74, 6) is -5.95. The van der Waals surface area contributed by atoms with Gasteiger partial charge in [-0.15, -0.1) is 0 Å². The number of anilines is 1. The maximum absolute atomic E-state index is 13.6. The lowest BCUT2D eigenvalue weighted by molar-refractivity contribution is -0.140. The summed E-state index contributed by atoms with van der Waals surface area (Å²) in [6.07, 6.45) is -4.56. The van der Waals surface area contributed by atoms with Gasteiger partial charge in [-0.05, 0) is 36.4 Å². The summed E-state index contributed by atoms with van der Waals surface area (Å²) in [5.41, 5.74) is -1.44. The van der Waals surface area contributed by atoms with Crippen molar-refractivity contribution < 1.29 is 31.1 Å². The summed E-state index contributed by atoms with van der Waals surface area (Å²) in [4.78, 5) is 14.2. The van der Waals surface area contributed by atoms with Crippen molar-refractivity contribution >= 4 is 22.5 Å². The highest BCUT2D eigenvalue weighted by Crippen LogP contribution is 2.32. The number of H-pyrrole nitrogens is 1. The Kier molecular flexibility index (Phi) is 3.94. The van der Waals surface area contributed by atoms with E-state index in [2.05, 4.69) is 10.3 Å². The Hall–Kier alpha value is -2.97. The molecule has 2 N–H and O–H groups in total. The maximum atomic E-state index is 13.6. The molecule has 0 radical (unpaired) electrons. The lowest BCUT2D eigenvalue weighted by Crippen LogP contribution is -2.15. The molecule has 0 aliphatic heterocycles. The Balaban J connectivity index is 1.90. The fourth-order valence-corrected chi connectivity index (χ4v) is 2.26. The normalized spacial score (nSPS) is 11.8. The zero-order valence-electron chi connectivity index (χ0n) is 12.1. The first-order valence-electron chi connectivity index (χ1n) is 6.81. The monoisotopic (exact) mass is 358 g/mol. The lowest BCUT2D eigenvalue weighted by Gasteiger charge is -2.07. The Bertz CT molecular complexity index is 977. The molecule has 0 saturated carbocycles. The third-order valence-electron chi connectivity index (χ3n) is 3.46. The average Bonchev–Trinajstić information content (AvgIpc) is 2.96. The minimum atomic E-state index is -4.56. The summed E-state index contributed by atoms with van der Waals surface area (Å²) in [5, 5.41) is 2.39. The molecule has 3 nitrogen and oxygen atoms in total. The summed E-state index contributed by atoms with van der Waals surface area (Å²) >= 11 is 0. The second kappa shape index (κ2) is 5.83. The maximum Gasteiger partial charge on any atom is 0.431 e. The molecule has 9 heteroatoms. The molecule has 3 rings (SSSR count).